The van der Waals surface area contributed by atoms with Gasteiger partial charge in [0.15, 0.2) is 12.6 Å². The fourth-order valence-electron chi connectivity index (χ4n) is 4.22. The zero-order valence-corrected chi connectivity index (χ0v) is 22.8. The molecule has 0 bridgehead atoms. The molecule has 0 saturated carbocycles. The van der Waals surface area contributed by atoms with E-state index >= 15 is 0 Å². The Balaban J connectivity index is 1.50. The Labute approximate surface area is 212 Å². The standard InChI is InChI=1S/C26H35IO5Si/c1-33(2,3)15-14-28-26-24(29-17-19-10-6-4-7-11-19)21(16-27)23-22(31-26)18-30-25(32-23)20-12-8-5-9-13-20/h4-13,21-26H,14-18H2,1-3H3/t21-,22+,23-,24-,25?,26-/m0/s1. The minimum atomic E-state index is -1.21. The Morgan fingerprint density at radius 2 is 1.64 bits per heavy atom. The summed E-state index contributed by atoms with van der Waals surface area (Å²) in [7, 11) is -1.21. The molecule has 2 saturated heterocycles. The SMILES string of the molecule is C[Si](C)(C)CCO[C@H]1O[C@@H]2COC(c3ccccc3)O[C@H]2[C@H](CI)[C@@H]1OCc1ccccc1. The van der Waals surface area contributed by atoms with E-state index in [2.05, 4.69) is 54.4 Å². The van der Waals surface area contributed by atoms with Crippen LogP contribution in [0.25, 0.3) is 0 Å². The van der Waals surface area contributed by atoms with Crippen molar-refractivity contribution in [3.8, 4) is 0 Å². The van der Waals surface area contributed by atoms with Crippen molar-refractivity contribution in [3.63, 3.8) is 0 Å². The first kappa shape index (κ1) is 25.3. The summed E-state index contributed by atoms with van der Waals surface area (Å²) >= 11 is 2.44. The molecule has 2 aliphatic rings. The van der Waals surface area contributed by atoms with Gasteiger partial charge >= 0.3 is 0 Å². The highest BCUT2D eigenvalue weighted by atomic mass is 127. The van der Waals surface area contributed by atoms with E-state index in [9.17, 15) is 0 Å². The lowest BCUT2D eigenvalue weighted by Crippen LogP contribution is -2.60. The summed E-state index contributed by atoms with van der Waals surface area (Å²) in [5.74, 6) is 0.139. The molecule has 2 fully saturated rings. The maximum absolute atomic E-state index is 6.49. The number of hydrogen-bond donors (Lipinski definition) is 0. The van der Waals surface area contributed by atoms with Gasteiger partial charge in [-0.25, -0.2) is 0 Å². The van der Waals surface area contributed by atoms with Crippen LogP contribution in [0, 0.1) is 5.92 Å². The first-order valence-electron chi connectivity index (χ1n) is 11.8. The maximum atomic E-state index is 6.49. The molecule has 33 heavy (non-hydrogen) atoms. The highest BCUT2D eigenvalue weighted by molar-refractivity contribution is 14.1. The third kappa shape index (κ3) is 6.87. The average Bonchev–Trinajstić information content (AvgIpc) is 2.82. The van der Waals surface area contributed by atoms with Crippen LogP contribution in [-0.4, -0.2) is 50.3 Å². The second-order valence-electron chi connectivity index (χ2n) is 9.98. The predicted octanol–water partition coefficient (Wildman–Crippen LogP) is 5.82. The molecule has 7 heteroatoms. The topological polar surface area (TPSA) is 46.2 Å². The van der Waals surface area contributed by atoms with Crippen molar-refractivity contribution in [1.82, 2.24) is 0 Å². The molecule has 0 radical (unpaired) electrons. The molecule has 5 nitrogen and oxygen atoms in total. The molecular weight excluding hydrogens is 547 g/mol. The van der Waals surface area contributed by atoms with Crippen LogP contribution < -0.4 is 0 Å². The normalized spacial score (nSPS) is 30.1. The predicted molar refractivity (Wildman–Crippen MR) is 140 cm³/mol. The van der Waals surface area contributed by atoms with Crippen molar-refractivity contribution in [2.24, 2.45) is 5.92 Å². The number of benzene rings is 2. The Bertz CT molecular complexity index is 847. The summed E-state index contributed by atoms with van der Waals surface area (Å²) in [6.45, 7) is 8.76. The molecule has 0 aromatic heterocycles. The largest absolute Gasteiger partial charge is 0.368 e. The summed E-state index contributed by atoms with van der Waals surface area (Å²) in [5, 5.41) is 0. The lowest BCUT2D eigenvalue weighted by atomic mass is 9.89. The van der Waals surface area contributed by atoms with Gasteiger partial charge in [0.1, 0.15) is 12.2 Å². The van der Waals surface area contributed by atoms with E-state index in [0.717, 1.165) is 21.6 Å². The van der Waals surface area contributed by atoms with Crippen molar-refractivity contribution >= 4 is 30.7 Å². The van der Waals surface area contributed by atoms with Crippen LogP contribution in [0.5, 0.6) is 0 Å². The molecule has 0 N–H and O–H groups in total. The molecule has 4 rings (SSSR count). The van der Waals surface area contributed by atoms with Crippen molar-refractivity contribution < 1.29 is 23.7 Å². The molecule has 2 aromatic rings. The van der Waals surface area contributed by atoms with Crippen LogP contribution in [0.2, 0.25) is 25.7 Å². The molecule has 0 spiro atoms. The first-order valence-corrected chi connectivity index (χ1v) is 17.0. The smallest absolute Gasteiger partial charge is 0.184 e. The van der Waals surface area contributed by atoms with Crippen molar-refractivity contribution in [2.75, 3.05) is 17.6 Å². The summed E-state index contributed by atoms with van der Waals surface area (Å²) < 4.78 is 32.7. The molecule has 2 heterocycles. The van der Waals surface area contributed by atoms with Gasteiger partial charge in [-0.15, -0.1) is 0 Å². The van der Waals surface area contributed by atoms with E-state index in [4.69, 9.17) is 23.7 Å². The Hall–Kier alpha value is -0.813. The Kier molecular flexibility index (Phi) is 9.00. The lowest BCUT2D eigenvalue weighted by molar-refractivity contribution is -0.355. The maximum Gasteiger partial charge on any atom is 0.184 e. The Morgan fingerprint density at radius 1 is 0.939 bits per heavy atom. The summed E-state index contributed by atoms with van der Waals surface area (Å²) in [5.41, 5.74) is 2.17. The molecule has 0 amide bonds. The van der Waals surface area contributed by atoms with Gasteiger partial charge in [-0.1, -0.05) is 103 Å². The molecule has 0 aliphatic carbocycles. The highest BCUT2D eigenvalue weighted by Gasteiger charge is 2.50. The van der Waals surface area contributed by atoms with Crippen LogP contribution in [0.1, 0.15) is 17.4 Å². The molecule has 180 valence electrons. The van der Waals surface area contributed by atoms with Gasteiger partial charge in [-0.2, -0.15) is 0 Å². The summed E-state index contributed by atoms with van der Waals surface area (Å²) in [6, 6.07) is 21.5. The van der Waals surface area contributed by atoms with E-state index in [0.29, 0.717) is 19.8 Å². The van der Waals surface area contributed by atoms with Crippen LogP contribution in [0.4, 0.5) is 0 Å². The molecule has 2 aromatic carbocycles. The van der Waals surface area contributed by atoms with Crippen LogP contribution in [-0.2, 0) is 30.3 Å². The first-order chi connectivity index (χ1) is 15.9. The molecular formula is C26H35IO5Si. The van der Waals surface area contributed by atoms with Crippen molar-refractivity contribution in [1.29, 1.82) is 0 Å². The van der Waals surface area contributed by atoms with Crippen molar-refractivity contribution in [3.05, 3.63) is 71.8 Å². The van der Waals surface area contributed by atoms with E-state index < -0.39 is 14.4 Å². The second-order valence-corrected chi connectivity index (χ2v) is 16.5. The van der Waals surface area contributed by atoms with E-state index in [-0.39, 0.29) is 30.5 Å². The number of fused-ring (bicyclic) bond motifs is 1. The van der Waals surface area contributed by atoms with Gasteiger partial charge in [-0.3, -0.25) is 0 Å². The fourth-order valence-corrected chi connectivity index (χ4v) is 5.96. The molecule has 6 atom stereocenters. The summed E-state index contributed by atoms with van der Waals surface area (Å²) in [6.07, 6.45) is -1.30. The van der Waals surface area contributed by atoms with Gasteiger partial charge in [0, 0.05) is 30.6 Å². The van der Waals surface area contributed by atoms with Gasteiger partial charge in [-0.05, 0) is 11.6 Å². The highest BCUT2D eigenvalue weighted by Crippen LogP contribution is 2.39. The number of hydrogen-bond acceptors (Lipinski definition) is 5. The second kappa shape index (κ2) is 11.7. The van der Waals surface area contributed by atoms with Gasteiger partial charge in [0.25, 0.3) is 0 Å². The fraction of sp³-hybridized carbons (Fsp3) is 0.538. The van der Waals surface area contributed by atoms with Gasteiger partial charge in [0.05, 0.1) is 19.3 Å². The van der Waals surface area contributed by atoms with E-state index in [1.165, 1.54) is 0 Å². The van der Waals surface area contributed by atoms with E-state index in [1.807, 2.05) is 48.5 Å². The molecule has 2 aliphatic heterocycles. The Morgan fingerprint density at radius 3 is 2.30 bits per heavy atom. The average molecular weight is 583 g/mol. The van der Waals surface area contributed by atoms with Crippen LogP contribution >= 0.6 is 22.6 Å². The number of halogens is 1. The lowest BCUT2D eigenvalue weighted by Gasteiger charge is -2.49. The van der Waals surface area contributed by atoms with Gasteiger partial charge in [0.2, 0.25) is 0 Å². The minimum absolute atomic E-state index is 0.113. The third-order valence-electron chi connectivity index (χ3n) is 6.15. The van der Waals surface area contributed by atoms with Gasteiger partial charge < -0.3 is 23.7 Å². The summed E-state index contributed by atoms with van der Waals surface area (Å²) in [4.78, 5) is 0. The number of ether oxygens (including phenoxy) is 5. The zero-order chi connectivity index (χ0) is 23.3. The van der Waals surface area contributed by atoms with Crippen LogP contribution in [0.15, 0.2) is 60.7 Å². The van der Waals surface area contributed by atoms with Crippen LogP contribution in [0.3, 0.4) is 0 Å². The zero-order valence-electron chi connectivity index (χ0n) is 19.7. The minimum Gasteiger partial charge on any atom is -0.368 e. The monoisotopic (exact) mass is 582 g/mol. The quantitative estimate of drug-likeness (QED) is 0.212. The van der Waals surface area contributed by atoms with Crippen molar-refractivity contribution in [2.45, 2.75) is 63.2 Å². The third-order valence-corrected chi connectivity index (χ3v) is 8.87. The number of alkyl halides is 1. The molecule has 1 unspecified atom stereocenters. The van der Waals surface area contributed by atoms with E-state index in [1.54, 1.807) is 0 Å². The number of rotatable bonds is 9.